The van der Waals surface area contributed by atoms with Gasteiger partial charge in [0, 0.05) is 24.2 Å². The van der Waals surface area contributed by atoms with E-state index in [1.165, 1.54) is 12.0 Å². The Balaban J connectivity index is 2.51. The fraction of sp³-hybridized carbons (Fsp3) is 0.667. The molecule has 0 atom stereocenters. The second-order valence-corrected chi connectivity index (χ2v) is 6.49. The fourth-order valence-electron chi connectivity index (χ4n) is 2.18. The molecule has 0 heterocycles. The zero-order valence-corrected chi connectivity index (χ0v) is 14.4. The van der Waals surface area contributed by atoms with Gasteiger partial charge in [-0.3, -0.25) is 0 Å². The third-order valence-electron chi connectivity index (χ3n) is 3.43. The lowest BCUT2D eigenvalue weighted by Crippen LogP contribution is -2.35. The summed E-state index contributed by atoms with van der Waals surface area (Å²) in [6.07, 6.45) is 1.19. The molecule has 1 aromatic carbocycles. The van der Waals surface area contributed by atoms with Crippen molar-refractivity contribution in [3.05, 3.63) is 29.8 Å². The number of nitrogens with zero attached hydrogens (tertiary/aromatic N) is 1. The minimum absolute atomic E-state index is 0.118. The van der Waals surface area contributed by atoms with Gasteiger partial charge in [-0.2, -0.15) is 0 Å². The van der Waals surface area contributed by atoms with Crippen molar-refractivity contribution in [2.24, 2.45) is 0 Å². The molecule has 0 aliphatic heterocycles. The highest BCUT2D eigenvalue weighted by atomic mass is 16.5. The third-order valence-corrected chi connectivity index (χ3v) is 3.43. The lowest BCUT2D eigenvalue weighted by atomic mass is 10.1. The fourth-order valence-corrected chi connectivity index (χ4v) is 2.18. The van der Waals surface area contributed by atoms with E-state index in [1.54, 1.807) is 0 Å². The first-order chi connectivity index (χ1) is 9.96. The zero-order chi connectivity index (χ0) is 15.7. The Morgan fingerprint density at radius 3 is 2.43 bits per heavy atom. The van der Waals surface area contributed by atoms with Gasteiger partial charge in [0.25, 0.3) is 0 Å². The lowest BCUT2D eigenvalue weighted by molar-refractivity contribution is 0.214. The quantitative estimate of drug-likeness (QED) is 0.751. The molecule has 120 valence electrons. The van der Waals surface area contributed by atoms with Crippen LogP contribution in [0.5, 0.6) is 5.75 Å². The first-order valence-corrected chi connectivity index (χ1v) is 8.14. The van der Waals surface area contributed by atoms with Crippen molar-refractivity contribution in [1.82, 2.24) is 10.2 Å². The van der Waals surface area contributed by atoms with Crippen molar-refractivity contribution in [2.75, 3.05) is 26.2 Å². The second-order valence-electron chi connectivity index (χ2n) is 6.49. The molecular weight excluding hydrogens is 260 g/mol. The maximum atomic E-state index is 6.00. The van der Waals surface area contributed by atoms with Crippen LogP contribution in [0, 0.1) is 0 Å². The molecule has 0 radical (unpaired) electrons. The van der Waals surface area contributed by atoms with E-state index in [2.05, 4.69) is 63.0 Å². The summed E-state index contributed by atoms with van der Waals surface area (Å²) in [4.78, 5) is 2.43. The van der Waals surface area contributed by atoms with Crippen molar-refractivity contribution in [3.63, 3.8) is 0 Å². The molecule has 0 aromatic heterocycles. The summed E-state index contributed by atoms with van der Waals surface area (Å²) in [6.45, 7) is 15.8. The number of nitrogens with one attached hydrogen (secondary N) is 1. The number of likely N-dealkylation sites (N-methyl/N-ethyl adjacent to an activating group) is 1. The molecule has 21 heavy (non-hydrogen) atoms. The van der Waals surface area contributed by atoms with Gasteiger partial charge in [-0.1, -0.05) is 32.0 Å². The van der Waals surface area contributed by atoms with E-state index in [-0.39, 0.29) is 5.54 Å². The lowest BCUT2D eigenvalue weighted by Gasteiger charge is -2.22. The van der Waals surface area contributed by atoms with Crippen LogP contribution in [0.4, 0.5) is 0 Å². The largest absolute Gasteiger partial charge is 0.492 e. The van der Waals surface area contributed by atoms with Gasteiger partial charge in [0.2, 0.25) is 0 Å². The van der Waals surface area contributed by atoms with Gasteiger partial charge in [-0.25, -0.2) is 0 Å². The Morgan fingerprint density at radius 2 is 1.81 bits per heavy atom. The Hall–Kier alpha value is -1.06. The van der Waals surface area contributed by atoms with Crippen LogP contribution in [0.3, 0.4) is 0 Å². The molecule has 1 rings (SSSR count). The standard InChI is InChI=1S/C18H32N2O/c1-6-12-20(7-2)13-14-21-17-11-9-8-10-16(17)15-19-18(3,4)5/h8-11,19H,6-7,12-15H2,1-5H3. The molecular formula is C18H32N2O. The van der Waals surface area contributed by atoms with Crippen LogP contribution in [0.2, 0.25) is 0 Å². The molecule has 0 unspecified atom stereocenters. The average molecular weight is 292 g/mol. The molecule has 0 spiro atoms. The van der Waals surface area contributed by atoms with Crippen LogP contribution in [0.15, 0.2) is 24.3 Å². The minimum atomic E-state index is 0.118. The van der Waals surface area contributed by atoms with Crippen LogP contribution in [0.1, 0.15) is 46.6 Å². The third kappa shape index (κ3) is 7.49. The first kappa shape index (κ1) is 18.0. The van der Waals surface area contributed by atoms with Gasteiger partial charge in [-0.05, 0) is 46.3 Å². The predicted octanol–water partition coefficient (Wildman–Crippen LogP) is 3.69. The average Bonchev–Trinajstić information content (AvgIpc) is 2.44. The number of hydrogen-bond donors (Lipinski definition) is 1. The highest BCUT2D eigenvalue weighted by Crippen LogP contribution is 2.18. The summed E-state index contributed by atoms with van der Waals surface area (Å²) in [5, 5.41) is 3.52. The molecule has 3 nitrogen and oxygen atoms in total. The van der Waals surface area contributed by atoms with E-state index in [4.69, 9.17) is 4.74 Å². The molecule has 0 saturated carbocycles. The smallest absolute Gasteiger partial charge is 0.123 e. The summed E-state index contributed by atoms with van der Waals surface area (Å²) in [5.74, 6) is 1.00. The van der Waals surface area contributed by atoms with Gasteiger partial charge in [0.05, 0.1) is 0 Å². The Morgan fingerprint density at radius 1 is 1.10 bits per heavy atom. The van der Waals surface area contributed by atoms with E-state index in [0.717, 1.165) is 38.5 Å². The Bertz CT molecular complexity index is 398. The minimum Gasteiger partial charge on any atom is -0.492 e. The zero-order valence-electron chi connectivity index (χ0n) is 14.4. The monoisotopic (exact) mass is 292 g/mol. The summed E-state index contributed by atoms with van der Waals surface area (Å²) >= 11 is 0. The molecule has 0 amide bonds. The first-order valence-electron chi connectivity index (χ1n) is 8.14. The van der Waals surface area contributed by atoms with E-state index >= 15 is 0 Å². The van der Waals surface area contributed by atoms with Gasteiger partial charge < -0.3 is 15.0 Å². The predicted molar refractivity (Wildman–Crippen MR) is 90.9 cm³/mol. The summed E-state index contributed by atoms with van der Waals surface area (Å²) < 4.78 is 6.00. The Kier molecular flexibility index (Phi) is 7.76. The normalized spacial score (nSPS) is 11.9. The van der Waals surface area contributed by atoms with Crippen LogP contribution in [-0.2, 0) is 6.54 Å². The van der Waals surface area contributed by atoms with Crippen molar-refractivity contribution in [2.45, 2.75) is 53.1 Å². The second kappa shape index (κ2) is 9.06. The van der Waals surface area contributed by atoms with Gasteiger partial charge in [0.1, 0.15) is 12.4 Å². The van der Waals surface area contributed by atoms with Crippen molar-refractivity contribution in [3.8, 4) is 5.75 Å². The molecule has 1 aromatic rings. The molecule has 0 bridgehead atoms. The molecule has 0 aliphatic carbocycles. The summed E-state index contributed by atoms with van der Waals surface area (Å²) in [6, 6.07) is 8.31. The maximum Gasteiger partial charge on any atom is 0.123 e. The summed E-state index contributed by atoms with van der Waals surface area (Å²) in [5.41, 5.74) is 1.35. The number of benzene rings is 1. The molecule has 3 heteroatoms. The molecule has 0 saturated heterocycles. The molecule has 0 fully saturated rings. The van der Waals surface area contributed by atoms with E-state index < -0.39 is 0 Å². The highest BCUT2D eigenvalue weighted by molar-refractivity contribution is 5.33. The van der Waals surface area contributed by atoms with E-state index in [9.17, 15) is 0 Å². The van der Waals surface area contributed by atoms with Crippen LogP contribution >= 0.6 is 0 Å². The number of hydrogen-bond acceptors (Lipinski definition) is 3. The number of para-hydroxylation sites is 1. The van der Waals surface area contributed by atoms with Crippen LogP contribution in [0.25, 0.3) is 0 Å². The van der Waals surface area contributed by atoms with Gasteiger partial charge in [0.15, 0.2) is 0 Å². The number of ether oxygens (including phenoxy) is 1. The topological polar surface area (TPSA) is 24.5 Å². The maximum absolute atomic E-state index is 6.00. The van der Waals surface area contributed by atoms with Crippen LogP contribution < -0.4 is 10.1 Å². The molecule has 0 aliphatic rings. The van der Waals surface area contributed by atoms with E-state index in [1.807, 2.05) is 6.07 Å². The highest BCUT2D eigenvalue weighted by Gasteiger charge is 2.11. The Labute approximate surface area is 130 Å². The molecule has 1 N–H and O–H groups in total. The van der Waals surface area contributed by atoms with E-state index in [0.29, 0.717) is 0 Å². The number of rotatable bonds is 9. The van der Waals surface area contributed by atoms with Crippen molar-refractivity contribution in [1.29, 1.82) is 0 Å². The van der Waals surface area contributed by atoms with Crippen molar-refractivity contribution < 1.29 is 4.74 Å². The summed E-state index contributed by atoms with van der Waals surface area (Å²) in [7, 11) is 0. The van der Waals surface area contributed by atoms with Crippen LogP contribution in [-0.4, -0.2) is 36.7 Å². The SMILES string of the molecule is CCCN(CC)CCOc1ccccc1CNC(C)(C)C. The van der Waals surface area contributed by atoms with Gasteiger partial charge >= 0.3 is 0 Å². The van der Waals surface area contributed by atoms with Gasteiger partial charge in [-0.15, -0.1) is 0 Å². The van der Waals surface area contributed by atoms with Crippen molar-refractivity contribution >= 4 is 0 Å².